The average Bonchev–Trinajstić information content (AvgIpc) is 3.01. The van der Waals surface area contributed by atoms with E-state index >= 15 is 0 Å². The van der Waals surface area contributed by atoms with Crippen molar-refractivity contribution in [2.24, 2.45) is 0 Å². The molecular weight excluding hydrogens is 255 g/mol. The molecule has 0 bridgehead atoms. The van der Waals surface area contributed by atoms with Crippen LogP contribution in [0, 0.1) is 5.82 Å². The SMILES string of the molecule is O=C(c1ccc(C2CCNCC2)c(F)c1)N1CCCC1. The summed E-state index contributed by atoms with van der Waals surface area (Å²) >= 11 is 0. The van der Waals surface area contributed by atoms with Gasteiger partial charge in [-0.05, 0) is 62.4 Å². The summed E-state index contributed by atoms with van der Waals surface area (Å²) in [6.45, 7) is 3.49. The first-order valence-electron chi connectivity index (χ1n) is 7.55. The summed E-state index contributed by atoms with van der Waals surface area (Å²) in [5.74, 6) is 0.0346. The molecule has 2 aliphatic rings. The van der Waals surface area contributed by atoms with E-state index in [1.807, 2.05) is 11.0 Å². The van der Waals surface area contributed by atoms with E-state index in [9.17, 15) is 9.18 Å². The van der Waals surface area contributed by atoms with Crippen LogP contribution < -0.4 is 5.32 Å². The van der Waals surface area contributed by atoms with Gasteiger partial charge >= 0.3 is 0 Å². The van der Waals surface area contributed by atoms with Gasteiger partial charge < -0.3 is 10.2 Å². The number of carbonyl (C=O) groups is 1. The minimum absolute atomic E-state index is 0.0294. The van der Waals surface area contributed by atoms with Gasteiger partial charge in [0.2, 0.25) is 0 Å². The Morgan fingerprint density at radius 2 is 1.90 bits per heavy atom. The first-order chi connectivity index (χ1) is 9.75. The lowest BCUT2D eigenvalue weighted by atomic mass is 9.89. The van der Waals surface area contributed by atoms with Crippen molar-refractivity contribution in [1.29, 1.82) is 0 Å². The van der Waals surface area contributed by atoms with E-state index in [1.54, 1.807) is 6.07 Å². The zero-order chi connectivity index (χ0) is 13.9. The maximum atomic E-state index is 14.3. The average molecular weight is 276 g/mol. The summed E-state index contributed by atoms with van der Waals surface area (Å²) in [6, 6.07) is 5.04. The summed E-state index contributed by atoms with van der Waals surface area (Å²) in [6.07, 6.45) is 4.05. The van der Waals surface area contributed by atoms with Gasteiger partial charge in [-0.15, -0.1) is 0 Å². The maximum absolute atomic E-state index is 14.3. The molecule has 2 saturated heterocycles. The number of likely N-dealkylation sites (tertiary alicyclic amines) is 1. The number of hydrogen-bond acceptors (Lipinski definition) is 2. The molecule has 0 aromatic heterocycles. The summed E-state index contributed by atoms with van der Waals surface area (Å²) in [5.41, 5.74) is 1.26. The predicted molar refractivity (Wildman–Crippen MR) is 76.4 cm³/mol. The van der Waals surface area contributed by atoms with Crippen molar-refractivity contribution in [3.05, 3.63) is 35.1 Å². The molecule has 0 radical (unpaired) electrons. The van der Waals surface area contributed by atoms with E-state index in [-0.39, 0.29) is 17.6 Å². The van der Waals surface area contributed by atoms with E-state index in [0.717, 1.165) is 57.4 Å². The normalized spacial score (nSPS) is 20.4. The molecule has 1 aromatic rings. The lowest BCUT2D eigenvalue weighted by Crippen LogP contribution is -2.28. The Morgan fingerprint density at radius 1 is 1.20 bits per heavy atom. The van der Waals surface area contributed by atoms with Crippen LogP contribution in [0.2, 0.25) is 0 Å². The molecule has 2 heterocycles. The molecule has 108 valence electrons. The van der Waals surface area contributed by atoms with Crippen molar-refractivity contribution < 1.29 is 9.18 Å². The third-order valence-electron chi connectivity index (χ3n) is 4.42. The van der Waals surface area contributed by atoms with Crippen molar-refractivity contribution in [3.8, 4) is 0 Å². The van der Waals surface area contributed by atoms with Gasteiger partial charge in [0, 0.05) is 18.7 Å². The van der Waals surface area contributed by atoms with Gasteiger partial charge in [-0.2, -0.15) is 0 Å². The lowest BCUT2D eigenvalue weighted by Gasteiger charge is -2.24. The van der Waals surface area contributed by atoms with Crippen LogP contribution in [0.25, 0.3) is 0 Å². The quantitative estimate of drug-likeness (QED) is 0.900. The van der Waals surface area contributed by atoms with Crippen LogP contribution in [0.4, 0.5) is 4.39 Å². The Balaban J connectivity index is 1.77. The molecule has 1 amide bonds. The Morgan fingerprint density at radius 3 is 2.55 bits per heavy atom. The van der Waals surface area contributed by atoms with E-state index in [4.69, 9.17) is 0 Å². The second-order valence-corrected chi connectivity index (χ2v) is 5.76. The first kappa shape index (κ1) is 13.6. The van der Waals surface area contributed by atoms with Crippen molar-refractivity contribution >= 4 is 5.91 Å². The second kappa shape index (κ2) is 5.92. The highest BCUT2D eigenvalue weighted by atomic mass is 19.1. The monoisotopic (exact) mass is 276 g/mol. The fourth-order valence-corrected chi connectivity index (χ4v) is 3.23. The van der Waals surface area contributed by atoms with Crippen molar-refractivity contribution in [2.45, 2.75) is 31.6 Å². The fourth-order valence-electron chi connectivity index (χ4n) is 3.23. The van der Waals surface area contributed by atoms with Crippen LogP contribution in [-0.4, -0.2) is 37.0 Å². The summed E-state index contributed by atoms with van der Waals surface area (Å²) in [7, 11) is 0. The highest BCUT2D eigenvalue weighted by molar-refractivity contribution is 5.94. The molecule has 4 heteroatoms. The fraction of sp³-hybridized carbons (Fsp3) is 0.562. The number of nitrogens with one attached hydrogen (secondary N) is 1. The number of nitrogens with zero attached hydrogens (tertiary/aromatic N) is 1. The molecule has 2 aliphatic heterocycles. The number of halogens is 1. The highest BCUT2D eigenvalue weighted by Gasteiger charge is 2.23. The molecule has 20 heavy (non-hydrogen) atoms. The van der Waals surface area contributed by atoms with Gasteiger partial charge in [-0.1, -0.05) is 6.07 Å². The number of benzene rings is 1. The highest BCUT2D eigenvalue weighted by Crippen LogP contribution is 2.28. The smallest absolute Gasteiger partial charge is 0.253 e. The van der Waals surface area contributed by atoms with Gasteiger partial charge in [0.1, 0.15) is 5.82 Å². The molecule has 3 rings (SSSR count). The Kier molecular flexibility index (Phi) is 4.01. The van der Waals surface area contributed by atoms with Crippen LogP contribution in [0.3, 0.4) is 0 Å². The van der Waals surface area contributed by atoms with Crippen LogP contribution >= 0.6 is 0 Å². The van der Waals surface area contributed by atoms with Crippen molar-refractivity contribution in [2.75, 3.05) is 26.2 Å². The lowest BCUT2D eigenvalue weighted by molar-refractivity contribution is 0.0792. The van der Waals surface area contributed by atoms with Crippen molar-refractivity contribution in [1.82, 2.24) is 10.2 Å². The third-order valence-corrected chi connectivity index (χ3v) is 4.42. The third kappa shape index (κ3) is 2.70. The van der Waals surface area contributed by atoms with Crippen LogP contribution in [0.15, 0.2) is 18.2 Å². The predicted octanol–water partition coefficient (Wildman–Crippen LogP) is 2.53. The summed E-state index contributed by atoms with van der Waals surface area (Å²) < 4.78 is 14.3. The Bertz CT molecular complexity index is 491. The molecular formula is C16H21FN2O. The minimum Gasteiger partial charge on any atom is -0.339 e. The van der Waals surface area contributed by atoms with Crippen LogP contribution in [0.5, 0.6) is 0 Å². The minimum atomic E-state index is -0.220. The second-order valence-electron chi connectivity index (χ2n) is 5.76. The Labute approximate surface area is 119 Å². The topological polar surface area (TPSA) is 32.3 Å². The van der Waals surface area contributed by atoms with Gasteiger partial charge in [0.05, 0.1) is 0 Å². The van der Waals surface area contributed by atoms with E-state index in [1.165, 1.54) is 6.07 Å². The molecule has 0 aliphatic carbocycles. The summed E-state index contributed by atoms with van der Waals surface area (Å²) in [5, 5.41) is 3.29. The van der Waals surface area contributed by atoms with E-state index in [0.29, 0.717) is 5.56 Å². The number of carbonyl (C=O) groups excluding carboxylic acids is 1. The molecule has 0 spiro atoms. The number of amides is 1. The van der Waals surface area contributed by atoms with E-state index in [2.05, 4.69) is 5.32 Å². The zero-order valence-corrected chi connectivity index (χ0v) is 11.7. The Hall–Kier alpha value is -1.42. The number of piperidine rings is 1. The molecule has 0 unspecified atom stereocenters. The molecule has 0 saturated carbocycles. The summed E-state index contributed by atoms with van der Waals surface area (Å²) in [4.78, 5) is 14.1. The molecule has 2 fully saturated rings. The van der Waals surface area contributed by atoms with E-state index < -0.39 is 0 Å². The van der Waals surface area contributed by atoms with Gasteiger partial charge in [-0.25, -0.2) is 4.39 Å². The van der Waals surface area contributed by atoms with Crippen LogP contribution in [0.1, 0.15) is 47.5 Å². The number of rotatable bonds is 2. The molecule has 1 aromatic carbocycles. The first-order valence-corrected chi connectivity index (χ1v) is 7.55. The largest absolute Gasteiger partial charge is 0.339 e. The van der Waals surface area contributed by atoms with Gasteiger partial charge in [-0.3, -0.25) is 4.79 Å². The van der Waals surface area contributed by atoms with Crippen LogP contribution in [-0.2, 0) is 0 Å². The molecule has 0 atom stereocenters. The van der Waals surface area contributed by atoms with Crippen molar-refractivity contribution in [3.63, 3.8) is 0 Å². The molecule has 3 nitrogen and oxygen atoms in total. The van der Waals surface area contributed by atoms with Gasteiger partial charge in [0.25, 0.3) is 5.91 Å². The standard InChI is InChI=1S/C16H21FN2O/c17-15-11-13(16(20)19-9-1-2-10-19)3-4-14(15)12-5-7-18-8-6-12/h3-4,11-12,18H,1-2,5-10H2. The number of hydrogen-bond donors (Lipinski definition) is 1. The van der Waals surface area contributed by atoms with Gasteiger partial charge in [0.15, 0.2) is 0 Å². The molecule has 1 N–H and O–H groups in total. The zero-order valence-electron chi connectivity index (χ0n) is 11.7. The maximum Gasteiger partial charge on any atom is 0.253 e.